The van der Waals surface area contributed by atoms with E-state index in [-0.39, 0.29) is 11.9 Å². The number of aromatic nitrogens is 3. The average molecular weight is 361 g/mol. The first-order valence-electron chi connectivity index (χ1n) is 8.21. The number of carbonyl (C=O) groups is 1. The minimum absolute atomic E-state index is 0.0855. The molecule has 2 fully saturated rings. The maximum Gasteiger partial charge on any atom is 0.245 e. The number of thioether (sulfide) groups is 1. The van der Waals surface area contributed by atoms with Crippen LogP contribution in [-0.2, 0) is 4.79 Å². The van der Waals surface area contributed by atoms with Gasteiger partial charge < -0.3 is 9.80 Å². The first-order valence-corrected chi connectivity index (χ1v) is 10.2. The Morgan fingerprint density at radius 1 is 1.17 bits per heavy atom. The van der Waals surface area contributed by atoms with Crippen LogP contribution in [0.2, 0.25) is 0 Å². The molecule has 24 heavy (non-hydrogen) atoms. The molecule has 0 N–H and O–H groups in total. The topological polar surface area (TPSA) is 62.2 Å². The third-order valence-corrected chi connectivity index (χ3v) is 6.33. The zero-order chi connectivity index (χ0) is 16.4. The van der Waals surface area contributed by atoms with Gasteiger partial charge >= 0.3 is 0 Å². The molecule has 4 rings (SSSR count). The fourth-order valence-corrected chi connectivity index (χ4v) is 4.97. The summed E-state index contributed by atoms with van der Waals surface area (Å²) < 4.78 is 0. The highest BCUT2D eigenvalue weighted by molar-refractivity contribution is 7.99. The molecule has 8 heteroatoms. The maximum atomic E-state index is 12.9. The molecule has 1 atom stereocenters. The highest BCUT2D eigenvalue weighted by Gasteiger charge is 2.36. The van der Waals surface area contributed by atoms with Crippen molar-refractivity contribution < 1.29 is 4.79 Å². The summed E-state index contributed by atoms with van der Waals surface area (Å²) in [6.07, 6.45) is 3.69. The lowest BCUT2D eigenvalue weighted by atomic mass is 10.2. The number of amides is 1. The smallest absolute Gasteiger partial charge is 0.245 e. The molecule has 2 aliphatic rings. The van der Waals surface area contributed by atoms with Crippen LogP contribution in [0.3, 0.4) is 0 Å². The molecule has 126 valence electrons. The summed E-state index contributed by atoms with van der Waals surface area (Å²) in [4.78, 5) is 21.4. The second kappa shape index (κ2) is 7.06. The van der Waals surface area contributed by atoms with Crippen molar-refractivity contribution in [3.05, 3.63) is 24.4 Å². The van der Waals surface area contributed by atoms with Crippen LogP contribution >= 0.6 is 23.1 Å². The van der Waals surface area contributed by atoms with Crippen LogP contribution in [-0.4, -0.2) is 63.2 Å². The number of carbonyl (C=O) groups excluding carboxylic acids is 1. The summed E-state index contributed by atoms with van der Waals surface area (Å²) >= 11 is 3.44. The highest BCUT2D eigenvalue weighted by atomic mass is 32.2. The Hall–Kier alpha value is -1.67. The fourth-order valence-electron chi connectivity index (χ4n) is 3.17. The van der Waals surface area contributed by atoms with Crippen LogP contribution < -0.4 is 4.90 Å². The first-order chi connectivity index (χ1) is 11.8. The summed E-state index contributed by atoms with van der Waals surface area (Å²) in [5.74, 6) is 2.34. The normalized spacial score (nSPS) is 21.2. The van der Waals surface area contributed by atoms with E-state index in [1.54, 1.807) is 6.20 Å². The molecular weight excluding hydrogens is 342 g/mol. The third kappa shape index (κ3) is 3.12. The second-order valence-electron chi connectivity index (χ2n) is 5.89. The lowest BCUT2D eigenvalue weighted by Crippen LogP contribution is -2.48. The molecule has 0 aromatic carbocycles. The van der Waals surface area contributed by atoms with Gasteiger partial charge in [-0.2, -0.15) is 11.8 Å². The van der Waals surface area contributed by atoms with Crippen molar-refractivity contribution in [2.24, 2.45) is 0 Å². The number of hydrogen-bond donors (Lipinski definition) is 0. The fraction of sp³-hybridized carbons (Fsp3) is 0.500. The van der Waals surface area contributed by atoms with E-state index in [1.165, 1.54) is 11.3 Å². The van der Waals surface area contributed by atoms with E-state index in [4.69, 9.17) is 0 Å². The summed E-state index contributed by atoms with van der Waals surface area (Å²) in [5.41, 5.74) is 0.830. The van der Waals surface area contributed by atoms with Gasteiger partial charge in [-0.3, -0.25) is 9.78 Å². The van der Waals surface area contributed by atoms with Crippen molar-refractivity contribution in [1.29, 1.82) is 0 Å². The van der Waals surface area contributed by atoms with Crippen molar-refractivity contribution in [3.8, 4) is 10.7 Å². The molecule has 0 saturated carbocycles. The van der Waals surface area contributed by atoms with Crippen molar-refractivity contribution in [3.63, 3.8) is 0 Å². The SMILES string of the molecule is O=C(C1CCCN1c1nnc(-c2ccccn2)s1)N1CCSCC1. The summed E-state index contributed by atoms with van der Waals surface area (Å²) in [7, 11) is 0. The van der Waals surface area contributed by atoms with E-state index in [1.807, 2.05) is 34.9 Å². The lowest BCUT2D eigenvalue weighted by Gasteiger charge is -2.32. The predicted octanol–water partition coefficient (Wildman–Crippen LogP) is 2.14. The largest absolute Gasteiger partial charge is 0.339 e. The van der Waals surface area contributed by atoms with Gasteiger partial charge in [-0.05, 0) is 25.0 Å². The zero-order valence-electron chi connectivity index (χ0n) is 13.3. The summed E-state index contributed by atoms with van der Waals surface area (Å²) in [5, 5.41) is 10.2. The molecule has 4 heterocycles. The van der Waals surface area contributed by atoms with Gasteiger partial charge in [-0.25, -0.2) is 0 Å². The summed E-state index contributed by atoms with van der Waals surface area (Å²) in [6.45, 7) is 2.60. The van der Waals surface area contributed by atoms with E-state index in [0.717, 1.165) is 59.8 Å². The van der Waals surface area contributed by atoms with Gasteiger partial charge in [0.1, 0.15) is 11.7 Å². The Morgan fingerprint density at radius 2 is 2.04 bits per heavy atom. The van der Waals surface area contributed by atoms with E-state index >= 15 is 0 Å². The van der Waals surface area contributed by atoms with E-state index < -0.39 is 0 Å². The van der Waals surface area contributed by atoms with Crippen LogP contribution in [0.4, 0.5) is 5.13 Å². The quantitative estimate of drug-likeness (QED) is 0.835. The van der Waals surface area contributed by atoms with Crippen LogP contribution in [0.5, 0.6) is 0 Å². The van der Waals surface area contributed by atoms with E-state index in [2.05, 4.69) is 20.1 Å². The molecule has 2 aromatic rings. The Labute approximate surface area is 149 Å². The van der Waals surface area contributed by atoms with Gasteiger partial charge in [0.05, 0.1) is 0 Å². The molecule has 2 aromatic heterocycles. The highest BCUT2D eigenvalue weighted by Crippen LogP contribution is 2.32. The van der Waals surface area contributed by atoms with Crippen LogP contribution in [0.15, 0.2) is 24.4 Å². The molecule has 0 radical (unpaired) electrons. The minimum Gasteiger partial charge on any atom is -0.339 e. The number of pyridine rings is 1. The number of nitrogens with zero attached hydrogens (tertiary/aromatic N) is 5. The molecule has 0 bridgehead atoms. The Kier molecular flexibility index (Phi) is 4.66. The van der Waals surface area contributed by atoms with Gasteiger partial charge in [0, 0.05) is 37.3 Å². The van der Waals surface area contributed by atoms with Crippen LogP contribution in [0.25, 0.3) is 10.7 Å². The van der Waals surface area contributed by atoms with Crippen molar-refractivity contribution in [2.45, 2.75) is 18.9 Å². The van der Waals surface area contributed by atoms with E-state index in [9.17, 15) is 4.79 Å². The van der Waals surface area contributed by atoms with Gasteiger partial charge in [0.15, 0.2) is 5.01 Å². The second-order valence-corrected chi connectivity index (χ2v) is 8.07. The lowest BCUT2D eigenvalue weighted by molar-refractivity contribution is -0.132. The number of rotatable bonds is 3. The molecule has 2 aliphatic heterocycles. The van der Waals surface area contributed by atoms with Gasteiger partial charge in [0.2, 0.25) is 11.0 Å². The molecule has 2 saturated heterocycles. The molecule has 0 aliphatic carbocycles. The number of anilines is 1. The van der Waals surface area contributed by atoms with Crippen LogP contribution in [0, 0.1) is 0 Å². The molecule has 0 spiro atoms. The average Bonchev–Trinajstić information content (AvgIpc) is 3.32. The molecule has 1 unspecified atom stereocenters. The van der Waals surface area contributed by atoms with Crippen LogP contribution in [0.1, 0.15) is 12.8 Å². The Morgan fingerprint density at radius 3 is 2.83 bits per heavy atom. The molecule has 1 amide bonds. The van der Waals surface area contributed by atoms with Crippen molar-refractivity contribution >= 4 is 34.1 Å². The Bertz CT molecular complexity index is 702. The van der Waals surface area contributed by atoms with E-state index in [0.29, 0.717) is 0 Å². The van der Waals surface area contributed by atoms with Crippen molar-refractivity contribution in [2.75, 3.05) is 36.0 Å². The van der Waals surface area contributed by atoms with Gasteiger partial charge in [-0.1, -0.05) is 17.4 Å². The number of hydrogen-bond acceptors (Lipinski definition) is 7. The first kappa shape index (κ1) is 15.8. The van der Waals surface area contributed by atoms with Crippen molar-refractivity contribution in [1.82, 2.24) is 20.1 Å². The minimum atomic E-state index is -0.0855. The van der Waals surface area contributed by atoms with Gasteiger partial charge in [-0.15, -0.1) is 10.2 Å². The summed E-state index contributed by atoms with van der Waals surface area (Å²) in [6, 6.07) is 5.68. The maximum absolute atomic E-state index is 12.9. The standard InChI is InChI=1S/C16H19N5OS2/c22-15(20-8-10-23-11-9-20)13-5-3-7-21(13)16-19-18-14(24-16)12-4-1-2-6-17-12/h1-2,4,6,13H,3,5,7-11H2. The zero-order valence-corrected chi connectivity index (χ0v) is 14.9. The predicted molar refractivity (Wildman–Crippen MR) is 97.4 cm³/mol. The molecule has 6 nitrogen and oxygen atoms in total. The third-order valence-electron chi connectivity index (χ3n) is 4.40. The van der Waals surface area contributed by atoms with Gasteiger partial charge in [0.25, 0.3) is 0 Å². The Balaban J connectivity index is 1.52. The monoisotopic (exact) mass is 361 g/mol. The molecular formula is C16H19N5OS2.